The Morgan fingerprint density at radius 1 is 1.09 bits per heavy atom. The molecule has 0 spiro atoms. The van der Waals surface area contributed by atoms with Crippen molar-refractivity contribution in [3.63, 3.8) is 0 Å². The molecule has 0 unspecified atom stereocenters. The largest absolute Gasteiger partial charge is 0.471 e. The Labute approximate surface area is 130 Å². The van der Waals surface area contributed by atoms with Gasteiger partial charge in [0.1, 0.15) is 11.8 Å². The summed E-state index contributed by atoms with van der Waals surface area (Å²) in [5.41, 5.74) is -0.422. The molecule has 1 aliphatic rings. The number of pyridine rings is 1. The summed E-state index contributed by atoms with van der Waals surface area (Å²) in [6.07, 6.45) is -4.85. The van der Waals surface area contributed by atoms with Crippen molar-refractivity contribution in [2.45, 2.75) is 12.3 Å². The van der Waals surface area contributed by atoms with Crippen LogP contribution in [0.3, 0.4) is 0 Å². The first-order valence-electron chi connectivity index (χ1n) is 6.99. The zero-order chi connectivity index (χ0) is 16.4. The summed E-state index contributed by atoms with van der Waals surface area (Å²) in [6, 6.07) is 12.3. The third kappa shape index (κ3) is 3.44. The Balaban J connectivity index is 1.58. The van der Waals surface area contributed by atoms with E-state index in [2.05, 4.69) is 4.98 Å². The van der Waals surface area contributed by atoms with Gasteiger partial charge in [0.15, 0.2) is 0 Å². The second kappa shape index (κ2) is 5.91. The normalized spacial score (nSPS) is 15.2. The van der Waals surface area contributed by atoms with Gasteiger partial charge in [0.2, 0.25) is 5.88 Å². The van der Waals surface area contributed by atoms with Gasteiger partial charge in [-0.3, -0.25) is 4.79 Å². The van der Waals surface area contributed by atoms with Crippen LogP contribution in [-0.4, -0.2) is 35.0 Å². The highest BCUT2D eigenvalue weighted by molar-refractivity contribution is 5.94. The second-order valence-corrected chi connectivity index (χ2v) is 5.17. The quantitative estimate of drug-likeness (QED) is 0.872. The van der Waals surface area contributed by atoms with Crippen molar-refractivity contribution >= 4 is 5.91 Å². The Hall–Kier alpha value is -2.57. The van der Waals surface area contributed by atoms with Crippen LogP contribution in [-0.2, 0) is 6.18 Å². The van der Waals surface area contributed by atoms with Gasteiger partial charge in [-0.15, -0.1) is 0 Å². The first kappa shape index (κ1) is 15.3. The third-order valence-corrected chi connectivity index (χ3v) is 3.46. The molecule has 0 aliphatic carbocycles. The first-order valence-corrected chi connectivity index (χ1v) is 6.99. The Morgan fingerprint density at radius 2 is 1.78 bits per heavy atom. The van der Waals surface area contributed by atoms with Crippen molar-refractivity contribution in [3.8, 4) is 5.88 Å². The summed E-state index contributed by atoms with van der Waals surface area (Å²) >= 11 is 0. The van der Waals surface area contributed by atoms with Crippen LogP contribution >= 0.6 is 0 Å². The molecule has 2 aromatic rings. The molecule has 0 saturated carbocycles. The van der Waals surface area contributed by atoms with Gasteiger partial charge in [-0.25, -0.2) is 4.98 Å². The fraction of sp³-hybridized carbons (Fsp3) is 0.250. The van der Waals surface area contributed by atoms with Gasteiger partial charge in [0.05, 0.1) is 13.1 Å². The standard InChI is InChI=1S/C16H13F3N2O2/c17-16(18,19)13-7-4-8-14(20-13)23-12-9-21(10-12)15(22)11-5-2-1-3-6-11/h1-8,12H,9-10H2. The smallest absolute Gasteiger partial charge is 0.433 e. The minimum atomic E-state index is -4.51. The molecule has 1 aromatic carbocycles. The number of alkyl halides is 3. The number of rotatable bonds is 3. The van der Waals surface area contributed by atoms with Gasteiger partial charge in [-0.1, -0.05) is 24.3 Å². The fourth-order valence-corrected chi connectivity index (χ4v) is 2.25. The number of likely N-dealkylation sites (tertiary alicyclic amines) is 1. The lowest BCUT2D eigenvalue weighted by molar-refractivity contribution is -0.141. The number of ether oxygens (including phenoxy) is 1. The molecule has 7 heteroatoms. The molecule has 1 aromatic heterocycles. The van der Waals surface area contributed by atoms with Crippen molar-refractivity contribution in [2.24, 2.45) is 0 Å². The SMILES string of the molecule is O=C(c1ccccc1)N1CC(Oc2cccc(C(F)(F)F)n2)C1. The van der Waals surface area contributed by atoms with Gasteiger partial charge in [0, 0.05) is 11.6 Å². The van der Waals surface area contributed by atoms with Crippen molar-refractivity contribution in [3.05, 3.63) is 59.8 Å². The van der Waals surface area contributed by atoms with E-state index in [-0.39, 0.29) is 17.9 Å². The lowest BCUT2D eigenvalue weighted by Gasteiger charge is -2.38. The van der Waals surface area contributed by atoms with E-state index >= 15 is 0 Å². The molecule has 1 amide bonds. The molecular weight excluding hydrogens is 309 g/mol. The van der Waals surface area contributed by atoms with Crippen molar-refractivity contribution in [1.29, 1.82) is 0 Å². The lowest BCUT2D eigenvalue weighted by Crippen LogP contribution is -2.56. The third-order valence-electron chi connectivity index (χ3n) is 3.46. The highest BCUT2D eigenvalue weighted by Gasteiger charge is 2.35. The number of carbonyl (C=O) groups is 1. The molecule has 23 heavy (non-hydrogen) atoms. The van der Waals surface area contributed by atoms with E-state index in [1.165, 1.54) is 12.1 Å². The molecule has 1 aliphatic heterocycles. The zero-order valence-corrected chi connectivity index (χ0v) is 12.0. The summed E-state index contributed by atoms with van der Waals surface area (Å²) in [6.45, 7) is 0.650. The average Bonchev–Trinajstić information content (AvgIpc) is 2.50. The Bertz CT molecular complexity index is 698. The number of benzene rings is 1. The fourth-order valence-electron chi connectivity index (χ4n) is 2.25. The maximum Gasteiger partial charge on any atom is 0.433 e. The summed E-state index contributed by atoms with van der Waals surface area (Å²) < 4.78 is 43.2. The van der Waals surface area contributed by atoms with E-state index in [0.29, 0.717) is 18.7 Å². The van der Waals surface area contributed by atoms with E-state index in [1.807, 2.05) is 6.07 Å². The summed E-state index contributed by atoms with van der Waals surface area (Å²) in [4.78, 5) is 17.1. The van der Waals surface area contributed by atoms with Gasteiger partial charge in [0.25, 0.3) is 5.91 Å². The molecule has 4 nitrogen and oxygen atoms in total. The molecular formula is C16H13F3N2O2. The molecule has 0 bridgehead atoms. The first-order chi connectivity index (χ1) is 10.9. The molecule has 0 atom stereocenters. The van der Waals surface area contributed by atoms with Gasteiger partial charge < -0.3 is 9.64 Å². The van der Waals surface area contributed by atoms with E-state index in [0.717, 1.165) is 6.07 Å². The number of carbonyl (C=O) groups excluding carboxylic acids is 1. The number of hydrogen-bond donors (Lipinski definition) is 0. The van der Waals surface area contributed by atoms with Crippen LogP contribution in [0.5, 0.6) is 5.88 Å². The van der Waals surface area contributed by atoms with E-state index in [9.17, 15) is 18.0 Å². The van der Waals surface area contributed by atoms with Crippen LogP contribution in [0.4, 0.5) is 13.2 Å². The number of halogens is 3. The van der Waals surface area contributed by atoms with Gasteiger partial charge in [-0.05, 0) is 18.2 Å². The molecule has 1 saturated heterocycles. The second-order valence-electron chi connectivity index (χ2n) is 5.17. The lowest BCUT2D eigenvalue weighted by atomic mass is 10.1. The molecule has 3 rings (SSSR count). The molecule has 2 heterocycles. The van der Waals surface area contributed by atoms with Crippen LogP contribution < -0.4 is 4.74 Å². The highest BCUT2D eigenvalue weighted by atomic mass is 19.4. The Kier molecular flexibility index (Phi) is 3.94. The number of aromatic nitrogens is 1. The highest BCUT2D eigenvalue weighted by Crippen LogP contribution is 2.29. The topological polar surface area (TPSA) is 42.4 Å². The predicted octanol–water partition coefficient (Wildman–Crippen LogP) is 3.00. The van der Waals surface area contributed by atoms with Gasteiger partial charge in [-0.2, -0.15) is 13.2 Å². The molecule has 0 N–H and O–H groups in total. The number of nitrogens with zero attached hydrogens (tertiary/aromatic N) is 2. The monoisotopic (exact) mass is 322 g/mol. The summed E-state index contributed by atoms with van der Waals surface area (Å²) in [5.74, 6) is -0.209. The molecule has 120 valence electrons. The van der Waals surface area contributed by atoms with Crippen LogP contribution in [0.15, 0.2) is 48.5 Å². The zero-order valence-electron chi connectivity index (χ0n) is 12.0. The minimum Gasteiger partial charge on any atom is -0.471 e. The van der Waals surface area contributed by atoms with Crippen LogP contribution in [0.2, 0.25) is 0 Å². The van der Waals surface area contributed by atoms with Crippen molar-refractivity contribution < 1.29 is 22.7 Å². The summed E-state index contributed by atoms with van der Waals surface area (Å²) in [7, 11) is 0. The molecule has 1 fully saturated rings. The predicted molar refractivity (Wildman–Crippen MR) is 76.0 cm³/mol. The van der Waals surface area contributed by atoms with Crippen LogP contribution in [0.1, 0.15) is 16.1 Å². The van der Waals surface area contributed by atoms with Crippen molar-refractivity contribution in [1.82, 2.24) is 9.88 Å². The van der Waals surface area contributed by atoms with Crippen LogP contribution in [0, 0.1) is 0 Å². The minimum absolute atomic E-state index is 0.0864. The van der Waals surface area contributed by atoms with Crippen molar-refractivity contribution in [2.75, 3.05) is 13.1 Å². The number of amides is 1. The molecule has 0 radical (unpaired) electrons. The number of hydrogen-bond acceptors (Lipinski definition) is 3. The Morgan fingerprint density at radius 3 is 2.43 bits per heavy atom. The van der Waals surface area contributed by atoms with E-state index in [4.69, 9.17) is 4.74 Å². The average molecular weight is 322 g/mol. The van der Waals surface area contributed by atoms with E-state index in [1.54, 1.807) is 29.2 Å². The summed E-state index contributed by atoms with van der Waals surface area (Å²) in [5, 5.41) is 0. The van der Waals surface area contributed by atoms with Crippen LogP contribution in [0.25, 0.3) is 0 Å². The maximum atomic E-state index is 12.6. The van der Waals surface area contributed by atoms with Gasteiger partial charge >= 0.3 is 6.18 Å². The van der Waals surface area contributed by atoms with E-state index < -0.39 is 11.9 Å². The maximum absolute atomic E-state index is 12.6.